The number of hydrogen-bond donors (Lipinski definition) is 2. The number of nitrogens with one attached hydrogen (secondary N) is 1. The van der Waals surface area contributed by atoms with Crippen LogP contribution in [0.5, 0.6) is 0 Å². The fourth-order valence-electron chi connectivity index (χ4n) is 3.62. The lowest BCUT2D eigenvalue weighted by molar-refractivity contribution is -0.111. The molecule has 0 saturated heterocycles. The Morgan fingerprint density at radius 3 is 2.55 bits per heavy atom. The Labute approximate surface area is 193 Å². The van der Waals surface area contributed by atoms with Crippen LogP contribution in [0.4, 0.5) is 11.4 Å². The van der Waals surface area contributed by atoms with Gasteiger partial charge in [-0.2, -0.15) is 5.26 Å². The van der Waals surface area contributed by atoms with Crippen LogP contribution < -0.4 is 10.2 Å². The number of carboxylic acid groups (broad SMARTS) is 1. The maximum atomic E-state index is 12.6. The Bertz CT molecular complexity index is 1240. The maximum Gasteiger partial charge on any atom is 0.337 e. The van der Waals surface area contributed by atoms with E-state index in [1.54, 1.807) is 18.2 Å². The zero-order valence-corrected chi connectivity index (χ0v) is 18.8. The number of benzene rings is 3. The normalized spacial score (nSPS) is 11.1. The van der Waals surface area contributed by atoms with Gasteiger partial charge in [0, 0.05) is 31.8 Å². The number of nitrogens with zero attached hydrogens (tertiary/aromatic N) is 2. The van der Waals surface area contributed by atoms with Crippen LogP contribution in [0, 0.1) is 11.3 Å². The number of nitriles is 1. The molecule has 2 N–H and O–H groups in total. The minimum absolute atomic E-state index is 0.0292. The van der Waals surface area contributed by atoms with Crippen molar-refractivity contribution >= 4 is 39.6 Å². The van der Waals surface area contributed by atoms with E-state index in [1.807, 2.05) is 61.3 Å². The number of aromatic carboxylic acids is 1. The summed E-state index contributed by atoms with van der Waals surface area (Å²) in [4.78, 5) is 26.4. The van der Waals surface area contributed by atoms with Crippen LogP contribution >= 0.6 is 0 Å². The van der Waals surface area contributed by atoms with Gasteiger partial charge in [-0.15, -0.1) is 0 Å². The first kappa shape index (κ1) is 23.6. The van der Waals surface area contributed by atoms with Gasteiger partial charge in [0.1, 0.15) is 0 Å². The summed E-state index contributed by atoms with van der Waals surface area (Å²) in [5.41, 5.74) is 2.72. The van der Waals surface area contributed by atoms with Crippen LogP contribution in [-0.4, -0.2) is 30.6 Å². The number of anilines is 2. The smallest absolute Gasteiger partial charge is 0.337 e. The number of fused-ring (bicyclic) bond motifs is 1. The summed E-state index contributed by atoms with van der Waals surface area (Å²) in [5, 5.41) is 23.2. The second-order valence-corrected chi connectivity index (χ2v) is 7.95. The summed E-state index contributed by atoms with van der Waals surface area (Å²) >= 11 is 0. The summed E-state index contributed by atoms with van der Waals surface area (Å²) in [6.07, 6.45) is 3.61. The fourth-order valence-corrected chi connectivity index (χ4v) is 3.62. The molecular weight excluding hydrogens is 414 g/mol. The number of unbranched alkanes of at least 4 members (excludes halogenated alkanes) is 2. The molecule has 168 valence electrons. The van der Waals surface area contributed by atoms with Crippen molar-refractivity contribution in [2.24, 2.45) is 0 Å². The molecule has 0 bridgehead atoms. The molecule has 0 aromatic heterocycles. The summed E-state index contributed by atoms with van der Waals surface area (Å²) < 4.78 is 0. The van der Waals surface area contributed by atoms with Gasteiger partial charge < -0.3 is 15.3 Å². The number of amides is 1. The molecule has 33 heavy (non-hydrogen) atoms. The molecular formula is C27H27N3O3. The van der Waals surface area contributed by atoms with Crippen LogP contribution in [0.1, 0.15) is 42.1 Å². The summed E-state index contributed by atoms with van der Waals surface area (Å²) in [6, 6.07) is 21.1. The number of carbonyl (C=O) groups is 2. The molecule has 0 unspecified atom stereocenters. The van der Waals surface area contributed by atoms with E-state index in [0.717, 1.165) is 40.4 Å². The Hall–Kier alpha value is -4.11. The van der Waals surface area contributed by atoms with Crippen LogP contribution in [0.25, 0.3) is 16.3 Å². The van der Waals surface area contributed by atoms with Crippen molar-refractivity contribution in [2.75, 3.05) is 23.8 Å². The van der Waals surface area contributed by atoms with Gasteiger partial charge in [-0.25, -0.2) is 4.79 Å². The highest BCUT2D eigenvalue weighted by molar-refractivity contribution is 6.07. The maximum absolute atomic E-state index is 12.6. The third-order valence-corrected chi connectivity index (χ3v) is 5.52. The Balaban J connectivity index is 1.74. The highest BCUT2D eigenvalue weighted by Crippen LogP contribution is 2.25. The van der Waals surface area contributed by atoms with E-state index in [1.165, 1.54) is 6.08 Å². The molecule has 0 aliphatic rings. The molecule has 3 aromatic rings. The zero-order chi connectivity index (χ0) is 23.8. The molecule has 3 aromatic carbocycles. The van der Waals surface area contributed by atoms with E-state index in [9.17, 15) is 14.7 Å². The minimum atomic E-state index is -1.11. The molecule has 0 saturated carbocycles. The van der Waals surface area contributed by atoms with Gasteiger partial charge in [0.05, 0.1) is 17.3 Å². The Morgan fingerprint density at radius 2 is 1.82 bits per heavy atom. The van der Waals surface area contributed by atoms with E-state index in [4.69, 9.17) is 5.26 Å². The van der Waals surface area contributed by atoms with E-state index >= 15 is 0 Å². The van der Waals surface area contributed by atoms with Crippen molar-refractivity contribution in [2.45, 2.75) is 26.2 Å². The molecule has 6 heteroatoms. The lowest BCUT2D eigenvalue weighted by Crippen LogP contribution is -2.19. The average Bonchev–Trinajstić information content (AvgIpc) is 2.81. The molecule has 6 nitrogen and oxygen atoms in total. The molecule has 1 amide bonds. The molecule has 0 atom stereocenters. The largest absolute Gasteiger partial charge is 0.478 e. The summed E-state index contributed by atoms with van der Waals surface area (Å²) in [6.45, 7) is 2.56. The average molecular weight is 442 g/mol. The summed E-state index contributed by atoms with van der Waals surface area (Å²) in [5.74, 6) is -1.50. The van der Waals surface area contributed by atoms with Gasteiger partial charge in [-0.3, -0.25) is 4.79 Å². The van der Waals surface area contributed by atoms with Crippen molar-refractivity contribution in [1.29, 1.82) is 5.26 Å². The third-order valence-electron chi connectivity index (χ3n) is 5.52. The molecule has 0 fully saturated rings. The highest BCUT2D eigenvalue weighted by Gasteiger charge is 2.14. The first-order valence-corrected chi connectivity index (χ1v) is 10.8. The molecule has 0 aliphatic carbocycles. The predicted octanol–water partition coefficient (Wildman–Crippen LogP) is 5.71. The number of carboxylic acids is 1. The summed E-state index contributed by atoms with van der Waals surface area (Å²) in [7, 11) is 1.88. The Kier molecular flexibility index (Phi) is 7.82. The number of hydrogen-bond acceptors (Lipinski definition) is 4. The number of allylic oxidation sites excluding steroid dienone is 1. The lowest BCUT2D eigenvalue weighted by Gasteiger charge is -2.20. The van der Waals surface area contributed by atoms with Crippen LogP contribution in [0.2, 0.25) is 0 Å². The van der Waals surface area contributed by atoms with Gasteiger partial charge in [-0.1, -0.05) is 36.4 Å². The van der Waals surface area contributed by atoms with E-state index in [-0.39, 0.29) is 17.2 Å². The highest BCUT2D eigenvalue weighted by atomic mass is 16.4. The van der Waals surface area contributed by atoms with Crippen LogP contribution in [0.15, 0.2) is 66.7 Å². The standard InChI is InChI=1S/C27H27N3O3/c1-19(21-11-10-20-8-4-5-9-22(20)17-21)16-26(31)29-25-13-12-23(18-24(25)27(32)33)30(2)15-7-3-6-14-28/h4-5,8-13,16-18H,3,6-7,15H2,1-2H3,(H,29,31)(H,32,33)/b19-16-. The van der Waals surface area contributed by atoms with E-state index in [2.05, 4.69) is 11.4 Å². The van der Waals surface area contributed by atoms with E-state index < -0.39 is 5.97 Å². The van der Waals surface area contributed by atoms with Gasteiger partial charge in [0.25, 0.3) is 0 Å². The quantitative estimate of drug-likeness (QED) is 0.328. The van der Waals surface area contributed by atoms with Gasteiger partial charge in [0.2, 0.25) is 5.91 Å². The minimum Gasteiger partial charge on any atom is -0.478 e. The Morgan fingerprint density at radius 1 is 1.06 bits per heavy atom. The van der Waals surface area contributed by atoms with Crippen molar-refractivity contribution in [3.05, 3.63) is 77.9 Å². The lowest BCUT2D eigenvalue weighted by atomic mass is 10.0. The molecule has 0 radical (unpaired) electrons. The predicted molar refractivity (Wildman–Crippen MR) is 132 cm³/mol. The zero-order valence-electron chi connectivity index (χ0n) is 18.8. The SMILES string of the molecule is C/C(=C/C(=O)Nc1ccc(N(C)CCCCC#N)cc1C(=O)O)c1ccc2ccccc2c1. The molecule has 0 spiro atoms. The van der Waals surface area contributed by atoms with Crippen molar-refractivity contribution in [3.63, 3.8) is 0 Å². The monoisotopic (exact) mass is 441 g/mol. The van der Waals surface area contributed by atoms with Crippen LogP contribution in [0.3, 0.4) is 0 Å². The molecule has 0 aliphatic heterocycles. The van der Waals surface area contributed by atoms with Crippen molar-refractivity contribution in [3.8, 4) is 6.07 Å². The van der Waals surface area contributed by atoms with Gasteiger partial charge in [0.15, 0.2) is 0 Å². The first-order valence-electron chi connectivity index (χ1n) is 10.8. The number of rotatable bonds is 9. The van der Waals surface area contributed by atoms with E-state index in [0.29, 0.717) is 13.0 Å². The van der Waals surface area contributed by atoms with Crippen molar-refractivity contribution in [1.82, 2.24) is 0 Å². The van der Waals surface area contributed by atoms with Gasteiger partial charge >= 0.3 is 5.97 Å². The molecule has 0 heterocycles. The topological polar surface area (TPSA) is 93.4 Å². The van der Waals surface area contributed by atoms with Gasteiger partial charge in [-0.05, 0) is 65.9 Å². The van der Waals surface area contributed by atoms with Crippen LogP contribution in [-0.2, 0) is 4.79 Å². The first-order chi connectivity index (χ1) is 15.9. The second kappa shape index (κ2) is 11.0. The third kappa shape index (κ3) is 6.20. The fraction of sp³-hybridized carbons (Fsp3) is 0.222. The molecule has 3 rings (SSSR count). The second-order valence-electron chi connectivity index (χ2n) is 7.95. The van der Waals surface area contributed by atoms with Crippen molar-refractivity contribution < 1.29 is 14.7 Å². The number of carbonyl (C=O) groups excluding carboxylic acids is 1.